The number of carbonyl (C=O) groups is 3. The van der Waals surface area contributed by atoms with Crippen LogP contribution in [0.5, 0.6) is 0 Å². The SMILES string of the molecule is CC(=O)CCC(=O)NC1CCN(C(=O)OCCCl)CC1. The Morgan fingerprint density at radius 2 is 1.90 bits per heavy atom. The molecule has 0 radical (unpaired) electrons. The first-order chi connectivity index (χ1) is 9.52. The number of Topliss-reactive ketones (excluding diaryl/α,β-unsaturated/α-hetero) is 1. The van der Waals surface area contributed by atoms with Crippen LogP contribution in [-0.4, -0.2) is 54.3 Å². The molecule has 0 aromatic rings. The minimum atomic E-state index is -0.355. The van der Waals surface area contributed by atoms with Gasteiger partial charge in [0, 0.05) is 32.0 Å². The Morgan fingerprint density at radius 1 is 1.25 bits per heavy atom. The van der Waals surface area contributed by atoms with Gasteiger partial charge in [0.2, 0.25) is 5.91 Å². The van der Waals surface area contributed by atoms with Crippen molar-refractivity contribution < 1.29 is 19.1 Å². The average molecular weight is 305 g/mol. The molecule has 0 aromatic carbocycles. The highest BCUT2D eigenvalue weighted by Crippen LogP contribution is 2.12. The van der Waals surface area contributed by atoms with Gasteiger partial charge in [-0.2, -0.15) is 0 Å². The maximum Gasteiger partial charge on any atom is 0.409 e. The van der Waals surface area contributed by atoms with Gasteiger partial charge in [-0.1, -0.05) is 0 Å². The number of likely N-dealkylation sites (tertiary alicyclic amines) is 1. The van der Waals surface area contributed by atoms with E-state index in [4.69, 9.17) is 16.3 Å². The number of hydrogen-bond acceptors (Lipinski definition) is 4. The van der Waals surface area contributed by atoms with Gasteiger partial charge in [-0.25, -0.2) is 4.79 Å². The molecule has 0 bridgehead atoms. The van der Waals surface area contributed by atoms with E-state index in [1.807, 2.05) is 0 Å². The Hall–Kier alpha value is -1.30. The Labute approximate surface area is 123 Å². The smallest absolute Gasteiger partial charge is 0.409 e. The lowest BCUT2D eigenvalue weighted by atomic mass is 10.1. The number of rotatable bonds is 6. The normalized spacial score (nSPS) is 15.8. The highest BCUT2D eigenvalue weighted by molar-refractivity contribution is 6.18. The van der Waals surface area contributed by atoms with Crippen molar-refractivity contribution in [1.29, 1.82) is 0 Å². The van der Waals surface area contributed by atoms with Gasteiger partial charge in [-0.15, -0.1) is 11.6 Å². The van der Waals surface area contributed by atoms with Gasteiger partial charge in [0.15, 0.2) is 0 Å². The summed E-state index contributed by atoms with van der Waals surface area (Å²) in [7, 11) is 0. The second-order valence-electron chi connectivity index (χ2n) is 4.83. The van der Waals surface area contributed by atoms with E-state index in [0.717, 1.165) is 0 Å². The average Bonchev–Trinajstić information content (AvgIpc) is 2.43. The zero-order chi connectivity index (χ0) is 15.0. The van der Waals surface area contributed by atoms with Crippen LogP contribution >= 0.6 is 11.6 Å². The number of carbonyl (C=O) groups excluding carboxylic acids is 3. The molecule has 1 heterocycles. The third-order valence-electron chi connectivity index (χ3n) is 3.13. The zero-order valence-corrected chi connectivity index (χ0v) is 12.4. The number of alkyl halides is 1. The van der Waals surface area contributed by atoms with Gasteiger partial charge < -0.3 is 19.7 Å². The van der Waals surface area contributed by atoms with E-state index in [1.165, 1.54) is 6.92 Å². The third-order valence-corrected chi connectivity index (χ3v) is 3.28. The Morgan fingerprint density at radius 3 is 2.45 bits per heavy atom. The van der Waals surface area contributed by atoms with Crippen LogP contribution in [0.3, 0.4) is 0 Å². The molecule has 0 spiro atoms. The molecule has 0 aromatic heterocycles. The van der Waals surface area contributed by atoms with Crippen LogP contribution in [0.1, 0.15) is 32.6 Å². The summed E-state index contributed by atoms with van der Waals surface area (Å²) in [5, 5.41) is 2.89. The minimum absolute atomic E-state index is 0.0111. The molecule has 20 heavy (non-hydrogen) atoms. The number of amides is 2. The van der Waals surface area contributed by atoms with Crippen LogP contribution in [0.4, 0.5) is 4.79 Å². The summed E-state index contributed by atoms with van der Waals surface area (Å²) in [5.41, 5.74) is 0. The van der Waals surface area contributed by atoms with Gasteiger partial charge in [0.25, 0.3) is 0 Å². The maximum atomic E-state index is 11.6. The molecule has 2 amide bonds. The van der Waals surface area contributed by atoms with Gasteiger partial charge in [0.1, 0.15) is 12.4 Å². The summed E-state index contributed by atoms with van der Waals surface area (Å²) < 4.78 is 4.94. The van der Waals surface area contributed by atoms with Crippen LogP contribution in [0.2, 0.25) is 0 Å². The number of piperidine rings is 1. The monoisotopic (exact) mass is 304 g/mol. The van der Waals surface area contributed by atoms with Gasteiger partial charge in [0.05, 0.1) is 5.88 Å². The van der Waals surface area contributed by atoms with Crippen molar-refractivity contribution in [1.82, 2.24) is 10.2 Å². The summed E-state index contributed by atoms with van der Waals surface area (Å²) in [6.07, 6.45) is 1.54. The Kier molecular flexibility index (Phi) is 7.36. The highest BCUT2D eigenvalue weighted by Gasteiger charge is 2.24. The summed E-state index contributed by atoms with van der Waals surface area (Å²) in [6.45, 7) is 2.79. The molecule has 0 aliphatic carbocycles. The first kappa shape index (κ1) is 16.8. The first-order valence-electron chi connectivity index (χ1n) is 6.79. The largest absolute Gasteiger partial charge is 0.448 e. The zero-order valence-electron chi connectivity index (χ0n) is 11.7. The maximum absolute atomic E-state index is 11.6. The predicted octanol–water partition coefficient (Wildman–Crippen LogP) is 1.31. The van der Waals surface area contributed by atoms with Gasteiger partial charge in [-0.3, -0.25) is 4.79 Å². The summed E-state index contributed by atoms with van der Waals surface area (Å²) in [4.78, 5) is 35.6. The highest BCUT2D eigenvalue weighted by atomic mass is 35.5. The van der Waals surface area contributed by atoms with Crippen molar-refractivity contribution in [2.24, 2.45) is 0 Å². The van der Waals surface area contributed by atoms with E-state index < -0.39 is 0 Å². The predicted molar refractivity (Wildman–Crippen MR) is 74.7 cm³/mol. The number of ketones is 1. The molecule has 6 nitrogen and oxygen atoms in total. The van der Waals surface area contributed by atoms with Gasteiger partial charge >= 0.3 is 6.09 Å². The molecule has 7 heteroatoms. The molecule has 1 aliphatic heterocycles. The topological polar surface area (TPSA) is 75.7 Å². The molecule has 114 valence electrons. The molecular weight excluding hydrogens is 284 g/mol. The van der Waals surface area contributed by atoms with Crippen molar-refractivity contribution in [3.8, 4) is 0 Å². The lowest BCUT2D eigenvalue weighted by Crippen LogP contribution is -2.46. The van der Waals surface area contributed by atoms with E-state index in [2.05, 4.69) is 5.32 Å². The quantitative estimate of drug-likeness (QED) is 0.751. The van der Waals surface area contributed by atoms with Crippen molar-refractivity contribution >= 4 is 29.4 Å². The number of halogens is 1. The lowest BCUT2D eigenvalue weighted by molar-refractivity contribution is -0.125. The summed E-state index contributed by atoms with van der Waals surface area (Å²) >= 11 is 5.45. The summed E-state index contributed by atoms with van der Waals surface area (Å²) in [6, 6.07) is 0.0616. The fourth-order valence-electron chi connectivity index (χ4n) is 2.01. The van der Waals surface area contributed by atoms with E-state index in [-0.39, 0.29) is 49.2 Å². The molecule has 1 fully saturated rings. The molecule has 0 saturated carbocycles. The van der Waals surface area contributed by atoms with Crippen LogP contribution < -0.4 is 5.32 Å². The fourth-order valence-corrected chi connectivity index (χ4v) is 2.09. The molecule has 0 unspecified atom stereocenters. The van der Waals surface area contributed by atoms with Crippen LogP contribution in [-0.2, 0) is 14.3 Å². The second-order valence-corrected chi connectivity index (χ2v) is 5.21. The number of nitrogens with zero attached hydrogens (tertiary/aromatic N) is 1. The van der Waals surface area contributed by atoms with E-state index in [0.29, 0.717) is 25.9 Å². The third kappa shape index (κ3) is 6.23. The van der Waals surface area contributed by atoms with Crippen molar-refractivity contribution in [2.75, 3.05) is 25.6 Å². The van der Waals surface area contributed by atoms with E-state index >= 15 is 0 Å². The standard InChI is InChI=1S/C13H21ClN2O4/c1-10(17)2-3-12(18)15-11-4-7-16(8-5-11)13(19)20-9-6-14/h11H,2-9H2,1H3,(H,15,18). The van der Waals surface area contributed by atoms with Crippen LogP contribution in [0, 0.1) is 0 Å². The molecule has 1 rings (SSSR count). The van der Waals surface area contributed by atoms with Crippen molar-refractivity contribution in [3.63, 3.8) is 0 Å². The molecular formula is C13H21ClN2O4. The first-order valence-corrected chi connectivity index (χ1v) is 7.33. The Bertz CT molecular complexity index is 354. The lowest BCUT2D eigenvalue weighted by Gasteiger charge is -2.31. The van der Waals surface area contributed by atoms with Crippen LogP contribution in [0.15, 0.2) is 0 Å². The molecule has 1 N–H and O–H groups in total. The summed E-state index contributed by atoms with van der Waals surface area (Å²) in [5.74, 6) is 0.189. The Balaban J connectivity index is 2.23. The minimum Gasteiger partial charge on any atom is -0.448 e. The van der Waals surface area contributed by atoms with Crippen molar-refractivity contribution in [3.05, 3.63) is 0 Å². The molecule has 0 atom stereocenters. The van der Waals surface area contributed by atoms with E-state index in [1.54, 1.807) is 4.90 Å². The van der Waals surface area contributed by atoms with E-state index in [9.17, 15) is 14.4 Å². The van der Waals surface area contributed by atoms with Crippen LogP contribution in [0.25, 0.3) is 0 Å². The van der Waals surface area contributed by atoms with Gasteiger partial charge in [-0.05, 0) is 19.8 Å². The molecule has 1 saturated heterocycles. The second kappa shape index (κ2) is 8.79. The molecule has 1 aliphatic rings. The fraction of sp³-hybridized carbons (Fsp3) is 0.769. The number of nitrogens with one attached hydrogen (secondary N) is 1. The van der Waals surface area contributed by atoms with Crippen molar-refractivity contribution in [2.45, 2.75) is 38.6 Å². The number of hydrogen-bond donors (Lipinski definition) is 1. The number of ether oxygens (including phenoxy) is 1.